The molecule has 150 valence electrons. The highest BCUT2D eigenvalue weighted by Crippen LogP contribution is 2.69. The van der Waals surface area contributed by atoms with Gasteiger partial charge in [0.05, 0.1) is 5.41 Å². The summed E-state index contributed by atoms with van der Waals surface area (Å²) < 4.78 is 0. The number of nitrogens with zero attached hydrogens (tertiary/aromatic N) is 2. The van der Waals surface area contributed by atoms with E-state index in [0.717, 1.165) is 30.7 Å². The number of amides is 2. The first-order valence-corrected chi connectivity index (χ1v) is 10.9. The summed E-state index contributed by atoms with van der Waals surface area (Å²) in [6.45, 7) is 7.50. The zero-order valence-corrected chi connectivity index (χ0v) is 17.2. The molecule has 6 rings (SSSR count). The second-order valence-electron chi connectivity index (χ2n) is 10.9. The minimum atomic E-state index is -0.130. The van der Waals surface area contributed by atoms with Crippen molar-refractivity contribution in [3.8, 4) is 0 Å². The van der Waals surface area contributed by atoms with Crippen LogP contribution in [-0.2, 0) is 4.79 Å². The highest BCUT2D eigenvalue weighted by Gasteiger charge is 2.63. The number of carbonyl (C=O) groups is 2. The molecule has 2 atom stereocenters. The van der Waals surface area contributed by atoms with E-state index >= 15 is 0 Å². The lowest BCUT2D eigenvalue weighted by molar-refractivity contribution is -0.180. The summed E-state index contributed by atoms with van der Waals surface area (Å²) in [5, 5.41) is 0. The predicted molar refractivity (Wildman–Crippen MR) is 109 cm³/mol. The van der Waals surface area contributed by atoms with Crippen LogP contribution in [0.25, 0.3) is 0 Å². The average molecular weight is 381 g/mol. The van der Waals surface area contributed by atoms with Crippen molar-refractivity contribution in [3.63, 3.8) is 0 Å². The Morgan fingerprint density at radius 2 is 1.39 bits per heavy atom. The van der Waals surface area contributed by atoms with Gasteiger partial charge in [-0.3, -0.25) is 9.59 Å². The van der Waals surface area contributed by atoms with Gasteiger partial charge in [0.2, 0.25) is 5.91 Å². The molecule has 4 nitrogen and oxygen atoms in total. The molecule has 4 heteroatoms. The van der Waals surface area contributed by atoms with E-state index in [9.17, 15) is 9.59 Å². The van der Waals surface area contributed by atoms with E-state index < -0.39 is 0 Å². The maximum absolute atomic E-state index is 13.7. The fraction of sp³-hybridized carbons (Fsp3) is 0.667. The summed E-state index contributed by atoms with van der Waals surface area (Å²) in [6, 6.07) is 9.48. The maximum Gasteiger partial charge on any atom is 0.253 e. The molecule has 1 aromatic rings. The Balaban J connectivity index is 1.28. The van der Waals surface area contributed by atoms with Crippen LogP contribution in [0.15, 0.2) is 30.3 Å². The zero-order chi connectivity index (χ0) is 19.6. The molecular formula is C24H32N2O2. The Morgan fingerprint density at radius 1 is 0.821 bits per heavy atom. The Bertz CT molecular complexity index is 778. The highest BCUT2D eigenvalue weighted by molar-refractivity contribution is 5.94. The van der Waals surface area contributed by atoms with E-state index in [1.54, 1.807) is 0 Å². The van der Waals surface area contributed by atoms with Gasteiger partial charge in [-0.15, -0.1) is 0 Å². The number of piperazine rings is 1. The normalized spacial score (nSPS) is 39.3. The summed E-state index contributed by atoms with van der Waals surface area (Å²) in [5.41, 5.74) is 1.32. The summed E-state index contributed by atoms with van der Waals surface area (Å²) in [7, 11) is 0. The lowest BCUT2D eigenvalue weighted by Gasteiger charge is -2.65. The lowest BCUT2D eigenvalue weighted by Crippen LogP contribution is -2.62. The van der Waals surface area contributed by atoms with Gasteiger partial charge < -0.3 is 9.80 Å². The van der Waals surface area contributed by atoms with Gasteiger partial charge in [-0.25, -0.2) is 0 Å². The van der Waals surface area contributed by atoms with Crippen molar-refractivity contribution in [2.45, 2.75) is 52.4 Å². The van der Waals surface area contributed by atoms with Crippen molar-refractivity contribution in [3.05, 3.63) is 35.9 Å². The van der Waals surface area contributed by atoms with E-state index in [1.807, 2.05) is 35.2 Å². The minimum absolute atomic E-state index is 0.0857. The van der Waals surface area contributed by atoms with E-state index in [-0.39, 0.29) is 11.3 Å². The molecule has 1 aromatic carbocycles. The third-order valence-electron chi connectivity index (χ3n) is 7.95. The number of rotatable bonds is 2. The number of hydrogen-bond donors (Lipinski definition) is 0. The van der Waals surface area contributed by atoms with Crippen LogP contribution in [0.5, 0.6) is 0 Å². The quantitative estimate of drug-likeness (QED) is 0.779. The summed E-state index contributed by atoms with van der Waals surface area (Å²) in [6.07, 6.45) is 7.18. The maximum atomic E-state index is 13.7. The van der Waals surface area contributed by atoms with Crippen molar-refractivity contribution >= 4 is 11.8 Å². The molecule has 2 unspecified atom stereocenters. The van der Waals surface area contributed by atoms with Gasteiger partial charge in [0, 0.05) is 31.7 Å². The van der Waals surface area contributed by atoms with Crippen LogP contribution < -0.4 is 0 Å². The molecule has 5 aliphatic rings. The summed E-state index contributed by atoms with van der Waals surface area (Å²) >= 11 is 0. The van der Waals surface area contributed by atoms with Gasteiger partial charge in [-0.1, -0.05) is 32.0 Å². The van der Waals surface area contributed by atoms with Crippen LogP contribution in [0.4, 0.5) is 0 Å². The number of benzene rings is 1. The topological polar surface area (TPSA) is 40.6 Å². The van der Waals surface area contributed by atoms with Crippen molar-refractivity contribution in [2.75, 3.05) is 26.2 Å². The molecule has 0 spiro atoms. The summed E-state index contributed by atoms with van der Waals surface area (Å²) in [4.78, 5) is 30.4. The SMILES string of the molecule is CC12CC3CC(C)(C1)CC(C(=O)N1CCN(C(=O)c4ccccc4)CC1)(C3)C2. The molecule has 0 aromatic heterocycles. The molecule has 1 heterocycles. The molecular weight excluding hydrogens is 348 g/mol. The van der Waals surface area contributed by atoms with Crippen LogP contribution in [0, 0.1) is 22.2 Å². The summed E-state index contributed by atoms with van der Waals surface area (Å²) in [5.74, 6) is 1.21. The van der Waals surface area contributed by atoms with Gasteiger partial charge in [-0.2, -0.15) is 0 Å². The standard InChI is InChI=1S/C24H32N2O2/c1-22-12-18-13-23(2,15-22)17-24(14-18,16-22)21(28)26-10-8-25(9-11-26)20(27)19-6-4-3-5-7-19/h3-7,18H,8-17H2,1-2H3. The number of carbonyl (C=O) groups excluding carboxylic acids is 2. The Kier molecular flexibility index (Phi) is 3.95. The molecule has 0 radical (unpaired) electrons. The van der Waals surface area contributed by atoms with Gasteiger partial charge in [0.25, 0.3) is 5.91 Å². The first-order valence-electron chi connectivity index (χ1n) is 10.9. The van der Waals surface area contributed by atoms with Gasteiger partial charge in [-0.05, 0) is 67.4 Å². The third-order valence-corrected chi connectivity index (χ3v) is 7.95. The fourth-order valence-electron chi connectivity index (χ4n) is 7.90. The Hall–Kier alpha value is -1.84. The van der Waals surface area contributed by atoms with Gasteiger partial charge in [0.1, 0.15) is 0 Å². The monoisotopic (exact) mass is 380 g/mol. The molecule has 5 fully saturated rings. The molecule has 4 bridgehead atoms. The average Bonchev–Trinajstić information content (AvgIpc) is 2.65. The smallest absolute Gasteiger partial charge is 0.253 e. The molecule has 4 saturated carbocycles. The molecule has 28 heavy (non-hydrogen) atoms. The van der Waals surface area contributed by atoms with Crippen molar-refractivity contribution in [2.24, 2.45) is 22.2 Å². The van der Waals surface area contributed by atoms with Crippen molar-refractivity contribution in [1.82, 2.24) is 9.80 Å². The van der Waals surface area contributed by atoms with Crippen molar-refractivity contribution < 1.29 is 9.59 Å². The second kappa shape index (κ2) is 6.08. The molecule has 4 aliphatic carbocycles. The molecule has 0 N–H and O–H groups in total. The van der Waals surface area contributed by atoms with E-state index in [1.165, 1.54) is 19.3 Å². The van der Waals surface area contributed by atoms with Gasteiger partial charge in [0.15, 0.2) is 0 Å². The second-order valence-corrected chi connectivity index (χ2v) is 10.9. The predicted octanol–water partition coefficient (Wildman–Crippen LogP) is 3.97. The highest BCUT2D eigenvalue weighted by atomic mass is 16.2. The minimum Gasteiger partial charge on any atom is -0.339 e. The Morgan fingerprint density at radius 3 is 1.96 bits per heavy atom. The van der Waals surface area contributed by atoms with Crippen LogP contribution >= 0.6 is 0 Å². The van der Waals surface area contributed by atoms with Crippen LogP contribution in [0.1, 0.15) is 62.7 Å². The first-order chi connectivity index (χ1) is 13.3. The fourth-order valence-corrected chi connectivity index (χ4v) is 7.90. The van der Waals surface area contributed by atoms with E-state index in [2.05, 4.69) is 18.7 Å². The van der Waals surface area contributed by atoms with Crippen molar-refractivity contribution in [1.29, 1.82) is 0 Å². The van der Waals surface area contributed by atoms with E-state index in [0.29, 0.717) is 42.9 Å². The lowest BCUT2D eigenvalue weighted by atomic mass is 9.40. The molecule has 1 aliphatic heterocycles. The van der Waals surface area contributed by atoms with Crippen LogP contribution in [-0.4, -0.2) is 47.8 Å². The molecule has 2 amide bonds. The molecule has 1 saturated heterocycles. The van der Waals surface area contributed by atoms with E-state index in [4.69, 9.17) is 0 Å². The third kappa shape index (κ3) is 2.87. The van der Waals surface area contributed by atoms with Crippen LogP contribution in [0.3, 0.4) is 0 Å². The first kappa shape index (κ1) is 18.2. The zero-order valence-electron chi connectivity index (χ0n) is 17.2. The van der Waals surface area contributed by atoms with Gasteiger partial charge >= 0.3 is 0 Å². The largest absolute Gasteiger partial charge is 0.339 e. The van der Waals surface area contributed by atoms with Crippen LogP contribution in [0.2, 0.25) is 0 Å². The number of hydrogen-bond acceptors (Lipinski definition) is 2. The Labute approximate surface area is 168 Å².